The highest BCUT2D eigenvalue weighted by molar-refractivity contribution is 6.32. The molecule has 0 saturated heterocycles. The average molecular weight is 539 g/mol. The second kappa shape index (κ2) is 20.7. The summed E-state index contributed by atoms with van der Waals surface area (Å²) in [4.78, 5) is 9.13. The van der Waals surface area contributed by atoms with E-state index >= 15 is 0 Å². The van der Waals surface area contributed by atoms with Crippen LogP contribution in [0.5, 0.6) is 5.75 Å². The molecule has 214 valence electrons. The number of methoxy groups -OCH3 is 1. The molecule has 1 fully saturated rings. The number of nitrogens with zero attached hydrogens (tertiary/aromatic N) is 3. The maximum atomic E-state index is 5.80. The Morgan fingerprint density at radius 3 is 2.46 bits per heavy atom. The van der Waals surface area contributed by atoms with Crippen LogP contribution in [0, 0.1) is 6.92 Å². The van der Waals surface area contributed by atoms with E-state index in [2.05, 4.69) is 46.4 Å². The molecule has 1 aliphatic heterocycles. The van der Waals surface area contributed by atoms with Crippen molar-refractivity contribution in [3.8, 4) is 5.75 Å². The molecule has 0 spiro atoms. The maximum Gasteiger partial charge on any atom is 0.156 e. The van der Waals surface area contributed by atoms with E-state index in [0.29, 0.717) is 17.2 Å². The van der Waals surface area contributed by atoms with Crippen LogP contribution in [0.2, 0.25) is 5.02 Å². The van der Waals surface area contributed by atoms with Gasteiger partial charge in [-0.3, -0.25) is 15.2 Å². The molecule has 7 nitrogen and oxygen atoms in total. The second-order valence-corrected chi connectivity index (χ2v) is 10.6. The summed E-state index contributed by atoms with van der Waals surface area (Å²) in [5, 5.41) is 7.48. The standard InChI is InChI=1S/C14H31N5.C8H9ClO.C7H15N/c1-5-18(3)12-8-6-7-10-16-14-17-11-9-13(15-2)19(14)4;1-6-3-4-8(10-2)7(9)5-6;8-7-5-3-1-2-4-6-7/h11,13-16H,5-10,12H2,1-4H3;3-5H,1-2H3;7H,1-6,8H2. The number of aryl methyl sites for hydroxylation is 1. The summed E-state index contributed by atoms with van der Waals surface area (Å²) in [6, 6.07) is 6.22. The molecule has 1 heterocycles. The van der Waals surface area contributed by atoms with Crippen molar-refractivity contribution in [2.75, 3.05) is 47.9 Å². The van der Waals surface area contributed by atoms with Crippen LogP contribution >= 0.6 is 11.6 Å². The Kier molecular flexibility index (Phi) is 18.9. The number of halogens is 1. The van der Waals surface area contributed by atoms with Gasteiger partial charge in [0.2, 0.25) is 0 Å². The molecule has 8 heteroatoms. The van der Waals surface area contributed by atoms with Crippen LogP contribution in [-0.4, -0.2) is 82.4 Å². The number of rotatable bonds is 10. The molecule has 1 aromatic carbocycles. The highest BCUT2D eigenvalue weighted by Crippen LogP contribution is 2.24. The Balaban J connectivity index is 0.000000315. The first kappa shape index (κ1) is 33.8. The summed E-state index contributed by atoms with van der Waals surface area (Å²) < 4.78 is 4.97. The molecule has 1 aromatic rings. The van der Waals surface area contributed by atoms with Gasteiger partial charge < -0.3 is 20.7 Å². The lowest BCUT2D eigenvalue weighted by Gasteiger charge is -2.35. The van der Waals surface area contributed by atoms with Crippen molar-refractivity contribution in [3.63, 3.8) is 0 Å². The summed E-state index contributed by atoms with van der Waals surface area (Å²) in [6.07, 6.45) is 15.4. The molecule has 0 aromatic heterocycles. The lowest BCUT2D eigenvalue weighted by Crippen LogP contribution is -2.54. The highest BCUT2D eigenvalue weighted by atomic mass is 35.5. The number of nitrogens with two attached hydrogens (primary N) is 1. The first-order valence-electron chi connectivity index (χ1n) is 14.2. The molecule has 2 atom stereocenters. The van der Waals surface area contributed by atoms with E-state index in [-0.39, 0.29) is 6.29 Å². The Bertz CT molecular complexity index is 726. The summed E-state index contributed by atoms with van der Waals surface area (Å²) >= 11 is 5.80. The van der Waals surface area contributed by atoms with Gasteiger partial charge in [-0.2, -0.15) is 0 Å². The molecule has 2 aliphatic rings. The molecule has 37 heavy (non-hydrogen) atoms. The summed E-state index contributed by atoms with van der Waals surface area (Å²) in [6.45, 7) is 7.59. The van der Waals surface area contributed by atoms with Gasteiger partial charge >= 0.3 is 0 Å². The van der Waals surface area contributed by atoms with Crippen molar-refractivity contribution < 1.29 is 4.74 Å². The Hall–Kier alpha value is -1.22. The Morgan fingerprint density at radius 1 is 1.16 bits per heavy atom. The van der Waals surface area contributed by atoms with E-state index in [1.807, 2.05) is 38.4 Å². The number of benzene rings is 1. The third-order valence-corrected chi connectivity index (χ3v) is 7.37. The minimum absolute atomic E-state index is 0.129. The van der Waals surface area contributed by atoms with Crippen molar-refractivity contribution in [1.29, 1.82) is 0 Å². The van der Waals surface area contributed by atoms with Gasteiger partial charge in [0.25, 0.3) is 0 Å². The summed E-state index contributed by atoms with van der Waals surface area (Å²) in [7, 11) is 7.91. The van der Waals surface area contributed by atoms with Crippen molar-refractivity contribution >= 4 is 17.8 Å². The third kappa shape index (κ3) is 15.1. The van der Waals surface area contributed by atoms with Crippen molar-refractivity contribution in [3.05, 3.63) is 28.8 Å². The van der Waals surface area contributed by atoms with Crippen LogP contribution in [0.4, 0.5) is 0 Å². The maximum absolute atomic E-state index is 5.80. The lowest BCUT2D eigenvalue weighted by atomic mass is 10.1. The van der Waals surface area contributed by atoms with Gasteiger partial charge in [0, 0.05) is 18.7 Å². The Labute approximate surface area is 232 Å². The van der Waals surface area contributed by atoms with Crippen molar-refractivity contribution in [2.24, 2.45) is 10.7 Å². The van der Waals surface area contributed by atoms with Crippen molar-refractivity contribution in [2.45, 2.75) is 96.6 Å². The number of hydrogen-bond donors (Lipinski definition) is 3. The molecule has 2 unspecified atom stereocenters. The van der Waals surface area contributed by atoms with Crippen LogP contribution in [0.25, 0.3) is 0 Å². The molecule has 1 saturated carbocycles. The third-order valence-electron chi connectivity index (χ3n) is 7.08. The van der Waals surface area contributed by atoms with Gasteiger partial charge in [0.05, 0.1) is 18.3 Å². The molecule has 3 rings (SSSR count). The molecule has 4 N–H and O–H groups in total. The van der Waals surface area contributed by atoms with Crippen LogP contribution in [0.15, 0.2) is 23.2 Å². The number of unbranched alkanes of at least 4 members (excludes halogenated alkanes) is 2. The zero-order chi connectivity index (χ0) is 27.5. The quantitative estimate of drug-likeness (QED) is 0.278. The number of ether oxygens (including phenoxy) is 1. The second-order valence-electron chi connectivity index (χ2n) is 10.2. The molecular weight excluding hydrogens is 484 g/mol. The molecule has 1 aliphatic carbocycles. The number of hydrogen-bond acceptors (Lipinski definition) is 7. The highest BCUT2D eigenvalue weighted by Gasteiger charge is 2.22. The van der Waals surface area contributed by atoms with E-state index < -0.39 is 0 Å². The number of aliphatic imine (C=N–C) groups is 1. The zero-order valence-electron chi connectivity index (χ0n) is 24.4. The monoisotopic (exact) mass is 538 g/mol. The molecular formula is C29H55ClN6O. The number of nitrogens with one attached hydrogen (secondary N) is 2. The van der Waals surface area contributed by atoms with Crippen LogP contribution < -0.4 is 21.1 Å². The van der Waals surface area contributed by atoms with Gasteiger partial charge in [-0.05, 0) is 91.1 Å². The summed E-state index contributed by atoms with van der Waals surface area (Å²) in [5.41, 5.74) is 6.88. The van der Waals surface area contributed by atoms with E-state index in [9.17, 15) is 0 Å². The van der Waals surface area contributed by atoms with Crippen LogP contribution in [0.3, 0.4) is 0 Å². The predicted octanol–water partition coefficient (Wildman–Crippen LogP) is 5.26. The fourth-order valence-corrected chi connectivity index (χ4v) is 4.69. The van der Waals surface area contributed by atoms with Crippen LogP contribution in [0.1, 0.15) is 76.7 Å². The fraction of sp³-hybridized carbons (Fsp3) is 0.759. The predicted molar refractivity (Wildman–Crippen MR) is 161 cm³/mol. The minimum atomic E-state index is 0.129. The first-order chi connectivity index (χ1) is 17.8. The molecule has 0 amide bonds. The van der Waals surface area contributed by atoms with E-state index in [0.717, 1.165) is 30.8 Å². The van der Waals surface area contributed by atoms with Crippen molar-refractivity contribution in [1.82, 2.24) is 20.4 Å². The van der Waals surface area contributed by atoms with Crippen LogP contribution in [-0.2, 0) is 0 Å². The normalized spacial score (nSPS) is 20.5. The summed E-state index contributed by atoms with van der Waals surface area (Å²) in [5.74, 6) is 0.729. The molecule has 0 radical (unpaired) electrons. The smallest absolute Gasteiger partial charge is 0.156 e. The van der Waals surface area contributed by atoms with Gasteiger partial charge in [-0.1, -0.05) is 56.7 Å². The topological polar surface area (TPSA) is 78.1 Å². The fourth-order valence-electron chi connectivity index (χ4n) is 4.38. The van der Waals surface area contributed by atoms with Gasteiger partial charge in [0.1, 0.15) is 5.75 Å². The van der Waals surface area contributed by atoms with E-state index in [1.54, 1.807) is 7.11 Å². The van der Waals surface area contributed by atoms with E-state index in [1.165, 1.54) is 64.3 Å². The first-order valence-corrected chi connectivity index (χ1v) is 14.6. The average Bonchev–Trinajstić information content (AvgIpc) is 3.15. The SMILES string of the molecule is CCN(C)CCCCCNC1N=CCC(NC)N1C.COc1ccc(C)cc1Cl.NC1CCCCCC1. The minimum Gasteiger partial charge on any atom is -0.495 e. The van der Waals surface area contributed by atoms with Gasteiger partial charge in [-0.25, -0.2) is 0 Å². The van der Waals surface area contributed by atoms with Gasteiger partial charge in [-0.15, -0.1) is 0 Å². The van der Waals surface area contributed by atoms with E-state index in [4.69, 9.17) is 22.1 Å². The zero-order valence-corrected chi connectivity index (χ0v) is 25.2. The Morgan fingerprint density at radius 2 is 1.86 bits per heavy atom. The largest absolute Gasteiger partial charge is 0.495 e. The van der Waals surface area contributed by atoms with Gasteiger partial charge in [0.15, 0.2) is 6.29 Å². The lowest BCUT2D eigenvalue weighted by molar-refractivity contribution is 0.125. The molecule has 0 bridgehead atoms.